The Kier molecular flexibility index (Phi) is 3.63. The maximum Gasteiger partial charge on any atom is 0.327 e. The topological polar surface area (TPSA) is 65.5 Å². The SMILES string of the molecule is Cc1ccnc(N2CCNCC2C(=O)O)c1Br. The van der Waals surface area contributed by atoms with E-state index in [0.29, 0.717) is 18.9 Å². The van der Waals surface area contributed by atoms with Crippen molar-refractivity contribution in [3.05, 3.63) is 22.3 Å². The number of pyridine rings is 1. The molecule has 1 aliphatic rings. The second-order valence-electron chi connectivity index (χ2n) is 4.02. The van der Waals surface area contributed by atoms with Crippen molar-refractivity contribution in [3.63, 3.8) is 0 Å². The van der Waals surface area contributed by atoms with Gasteiger partial charge in [-0.05, 0) is 34.5 Å². The molecule has 0 aliphatic carbocycles. The Morgan fingerprint density at radius 1 is 1.71 bits per heavy atom. The molecule has 0 bridgehead atoms. The molecule has 1 unspecified atom stereocenters. The highest BCUT2D eigenvalue weighted by atomic mass is 79.9. The van der Waals surface area contributed by atoms with Gasteiger partial charge in [0.1, 0.15) is 11.9 Å². The third-order valence-electron chi connectivity index (χ3n) is 2.86. The number of carboxylic acids is 1. The summed E-state index contributed by atoms with van der Waals surface area (Å²) in [5.74, 6) is -0.119. The fraction of sp³-hybridized carbons (Fsp3) is 0.455. The second-order valence-corrected chi connectivity index (χ2v) is 4.81. The summed E-state index contributed by atoms with van der Waals surface area (Å²) in [5, 5.41) is 12.3. The summed E-state index contributed by atoms with van der Waals surface area (Å²) in [7, 11) is 0. The Labute approximate surface area is 108 Å². The molecule has 1 saturated heterocycles. The molecule has 0 spiro atoms. The van der Waals surface area contributed by atoms with Crippen LogP contribution in [0.15, 0.2) is 16.7 Å². The number of carbonyl (C=O) groups is 1. The normalized spacial score (nSPS) is 20.4. The van der Waals surface area contributed by atoms with E-state index in [1.807, 2.05) is 17.9 Å². The largest absolute Gasteiger partial charge is 0.480 e. The lowest BCUT2D eigenvalue weighted by atomic mass is 10.2. The first-order valence-electron chi connectivity index (χ1n) is 5.42. The number of nitrogens with zero attached hydrogens (tertiary/aromatic N) is 2. The molecule has 2 rings (SSSR count). The highest BCUT2D eigenvalue weighted by molar-refractivity contribution is 9.10. The molecule has 1 atom stereocenters. The van der Waals surface area contributed by atoms with Gasteiger partial charge in [-0.25, -0.2) is 9.78 Å². The van der Waals surface area contributed by atoms with Gasteiger partial charge < -0.3 is 15.3 Å². The van der Waals surface area contributed by atoms with Gasteiger partial charge in [-0.3, -0.25) is 0 Å². The second kappa shape index (κ2) is 5.01. The average molecular weight is 300 g/mol. The minimum Gasteiger partial charge on any atom is -0.480 e. The van der Waals surface area contributed by atoms with E-state index in [9.17, 15) is 9.90 Å². The standard InChI is InChI=1S/C11H14BrN3O2/c1-7-2-3-14-10(9(7)12)15-5-4-13-6-8(15)11(16)17/h2-3,8,13H,4-6H2,1H3,(H,16,17). The van der Waals surface area contributed by atoms with Crippen LogP contribution in [0.25, 0.3) is 0 Å². The molecule has 1 aromatic heterocycles. The van der Waals surface area contributed by atoms with E-state index in [1.54, 1.807) is 6.20 Å². The van der Waals surface area contributed by atoms with Gasteiger partial charge in [0.2, 0.25) is 0 Å². The van der Waals surface area contributed by atoms with Crippen LogP contribution in [0, 0.1) is 6.92 Å². The van der Waals surface area contributed by atoms with Gasteiger partial charge in [0.05, 0.1) is 4.47 Å². The molecule has 17 heavy (non-hydrogen) atoms. The highest BCUT2D eigenvalue weighted by Crippen LogP contribution is 2.28. The molecule has 1 fully saturated rings. The first-order chi connectivity index (χ1) is 8.11. The zero-order valence-corrected chi connectivity index (χ0v) is 11.1. The number of anilines is 1. The van der Waals surface area contributed by atoms with E-state index < -0.39 is 12.0 Å². The number of nitrogens with one attached hydrogen (secondary N) is 1. The smallest absolute Gasteiger partial charge is 0.327 e. The average Bonchev–Trinajstić information content (AvgIpc) is 2.33. The molecule has 1 aromatic rings. The Morgan fingerprint density at radius 3 is 3.18 bits per heavy atom. The number of hydrogen-bond donors (Lipinski definition) is 2. The van der Waals surface area contributed by atoms with Gasteiger partial charge >= 0.3 is 5.97 Å². The number of halogens is 1. The van der Waals surface area contributed by atoms with Gasteiger partial charge in [0.15, 0.2) is 0 Å². The number of piperazine rings is 1. The molecule has 1 aliphatic heterocycles. The fourth-order valence-electron chi connectivity index (χ4n) is 1.90. The summed E-state index contributed by atoms with van der Waals surface area (Å²) in [4.78, 5) is 17.3. The fourth-order valence-corrected chi connectivity index (χ4v) is 2.37. The van der Waals surface area contributed by atoms with E-state index in [-0.39, 0.29) is 0 Å². The predicted molar refractivity (Wildman–Crippen MR) is 68.3 cm³/mol. The minimum atomic E-state index is -0.826. The van der Waals surface area contributed by atoms with Crippen LogP contribution >= 0.6 is 15.9 Å². The summed E-state index contributed by atoms with van der Waals surface area (Å²) in [5.41, 5.74) is 1.05. The first-order valence-corrected chi connectivity index (χ1v) is 6.22. The van der Waals surface area contributed by atoms with E-state index in [1.165, 1.54) is 0 Å². The maximum absolute atomic E-state index is 11.2. The number of hydrogen-bond acceptors (Lipinski definition) is 4. The summed E-state index contributed by atoms with van der Waals surface area (Å²) in [6.45, 7) is 3.82. The predicted octanol–water partition coefficient (Wildman–Crippen LogP) is 1.02. The van der Waals surface area contributed by atoms with Crippen LogP contribution < -0.4 is 10.2 Å². The molecule has 0 aromatic carbocycles. The van der Waals surface area contributed by atoms with Gasteiger partial charge in [-0.2, -0.15) is 0 Å². The zero-order chi connectivity index (χ0) is 12.4. The number of carboxylic acid groups (broad SMARTS) is 1. The summed E-state index contributed by atoms with van der Waals surface area (Å²) in [6, 6.07) is 1.33. The lowest BCUT2D eigenvalue weighted by Gasteiger charge is -2.35. The van der Waals surface area contributed by atoms with E-state index in [0.717, 1.165) is 16.6 Å². The molecule has 6 heteroatoms. The molecule has 5 nitrogen and oxygen atoms in total. The number of aryl methyl sites for hydroxylation is 1. The van der Waals surface area contributed by atoms with Crippen LogP contribution in [0.4, 0.5) is 5.82 Å². The molecule has 2 heterocycles. The number of aliphatic carboxylic acids is 1. The van der Waals surface area contributed by atoms with Crippen LogP contribution in [0.1, 0.15) is 5.56 Å². The van der Waals surface area contributed by atoms with Gasteiger partial charge in [-0.1, -0.05) is 0 Å². The van der Waals surface area contributed by atoms with Crippen molar-refractivity contribution >= 4 is 27.7 Å². The third kappa shape index (κ3) is 2.42. The van der Waals surface area contributed by atoms with Crippen LogP contribution in [0.3, 0.4) is 0 Å². The van der Waals surface area contributed by atoms with E-state index >= 15 is 0 Å². The van der Waals surface area contributed by atoms with Crippen molar-refractivity contribution in [1.82, 2.24) is 10.3 Å². The van der Waals surface area contributed by atoms with Crippen molar-refractivity contribution < 1.29 is 9.90 Å². The molecule has 0 amide bonds. The summed E-state index contributed by atoms with van der Waals surface area (Å²) in [6.07, 6.45) is 1.70. The lowest BCUT2D eigenvalue weighted by Crippen LogP contribution is -2.55. The van der Waals surface area contributed by atoms with Crippen LogP contribution in [-0.4, -0.2) is 41.7 Å². The Bertz CT molecular complexity index is 439. The van der Waals surface area contributed by atoms with Crippen molar-refractivity contribution in [3.8, 4) is 0 Å². The summed E-state index contributed by atoms with van der Waals surface area (Å²) < 4.78 is 0.869. The molecule has 2 N–H and O–H groups in total. The monoisotopic (exact) mass is 299 g/mol. The molecule has 0 saturated carbocycles. The molecule has 92 valence electrons. The van der Waals surface area contributed by atoms with Crippen molar-refractivity contribution in [2.24, 2.45) is 0 Å². The van der Waals surface area contributed by atoms with Gasteiger partial charge in [0.25, 0.3) is 0 Å². The van der Waals surface area contributed by atoms with Gasteiger partial charge in [0, 0.05) is 25.8 Å². The van der Waals surface area contributed by atoms with E-state index in [4.69, 9.17) is 0 Å². The summed E-state index contributed by atoms with van der Waals surface area (Å²) >= 11 is 3.47. The van der Waals surface area contributed by atoms with Crippen molar-refractivity contribution in [2.75, 3.05) is 24.5 Å². The molecular weight excluding hydrogens is 286 g/mol. The van der Waals surface area contributed by atoms with Crippen LogP contribution in [-0.2, 0) is 4.79 Å². The Balaban J connectivity index is 2.36. The Morgan fingerprint density at radius 2 is 2.47 bits per heavy atom. The molecular formula is C11H14BrN3O2. The zero-order valence-electron chi connectivity index (χ0n) is 9.48. The van der Waals surface area contributed by atoms with Crippen LogP contribution in [0.5, 0.6) is 0 Å². The maximum atomic E-state index is 11.2. The quantitative estimate of drug-likeness (QED) is 0.853. The highest BCUT2D eigenvalue weighted by Gasteiger charge is 2.30. The first kappa shape index (κ1) is 12.3. The number of rotatable bonds is 2. The van der Waals surface area contributed by atoms with Gasteiger partial charge in [-0.15, -0.1) is 0 Å². The minimum absolute atomic E-state index is 0.442. The van der Waals surface area contributed by atoms with E-state index in [2.05, 4.69) is 26.2 Å². The van der Waals surface area contributed by atoms with Crippen molar-refractivity contribution in [1.29, 1.82) is 0 Å². The lowest BCUT2D eigenvalue weighted by molar-refractivity contribution is -0.138. The number of aromatic nitrogens is 1. The Hall–Kier alpha value is -1.14. The third-order valence-corrected chi connectivity index (χ3v) is 3.84. The van der Waals surface area contributed by atoms with Crippen molar-refractivity contribution in [2.45, 2.75) is 13.0 Å². The van der Waals surface area contributed by atoms with Crippen LogP contribution in [0.2, 0.25) is 0 Å². The molecule has 0 radical (unpaired) electrons.